The lowest BCUT2D eigenvalue weighted by Crippen LogP contribution is -2.36. The molecule has 0 radical (unpaired) electrons. The van der Waals surface area contributed by atoms with Gasteiger partial charge < -0.3 is 11.1 Å². The van der Waals surface area contributed by atoms with E-state index in [1.54, 1.807) is 0 Å². The van der Waals surface area contributed by atoms with Crippen LogP contribution in [0.25, 0.3) is 0 Å². The second kappa shape index (κ2) is 7.92. The van der Waals surface area contributed by atoms with E-state index in [9.17, 15) is 18.0 Å². The van der Waals surface area contributed by atoms with Crippen LogP contribution in [0.1, 0.15) is 45.4 Å². The second-order valence-electron chi connectivity index (χ2n) is 6.70. The fourth-order valence-corrected chi connectivity index (χ4v) is 5.33. The number of hydrogen-bond acceptors (Lipinski definition) is 5. The van der Waals surface area contributed by atoms with Crippen LogP contribution in [-0.4, -0.2) is 37.6 Å². The van der Waals surface area contributed by atoms with Gasteiger partial charge in [0.25, 0.3) is 0 Å². The van der Waals surface area contributed by atoms with E-state index in [0.717, 1.165) is 43.9 Å². The highest BCUT2D eigenvalue weighted by Crippen LogP contribution is 2.45. The summed E-state index contributed by atoms with van der Waals surface area (Å²) in [5.74, 6) is -0.776. The van der Waals surface area contributed by atoms with Gasteiger partial charge in [-0.2, -0.15) is 4.31 Å². The van der Waals surface area contributed by atoms with Gasteiger partial charge in [-0.1, -0.05) is 31.7 Å². The minimum Gasteiger partial charge on any atom is -0.369 e. The first-order valence-electron chi connectivity index (χ1n) is 8.32. The number of hydrogen-bond donors (Lipinski definition) is 2. The molecular formula is C16H25N3O4S2. The molecule has 2 fully saturated rings. The summed E-state index contributed by atoms with van der Waals surface area (Å²) in [4.78, 5) is 23.2. The SMILES string of the molecule is C=C(NC(=O)C1(C)CC1)SC(=CCC(N)=O)S(=O)(=O)N1CCCCC1. The van der Waals surface area contributed by atoms with Crippen LogP contribution in [0.2, 0.25) is 0 Å². The van der Waals surface area contributed by atoms with Crippen molar-refractivity contribution in [2.24, 2.45) is 11.1 Å². The molecule has 0 aromatic carbocycles. The van der Waals surface area contributed by atoms with Crippen molar-refractivity contribution in [2.75, 3.05) is 13.1 Å². The van der Waals surface area contributed by atoms with Crippen molar-refractivity contribution in [1.29, 1.82) is 0 Å². The zero-order valence-electron chi connectivity index (χ0n) is 14.4. The molecule has 2 rings (SSSR count). The summed E-state index contributed by atoms with van der Waals surface area (Å²) >= 11 is 0.857. The Kier molecular flexibility index (Phi) is 6.34. The van der Waals surface area contributed by atoms with Crippen LogP contribution in [0.4, 0.5) is 0 Å². The molecule has 0 spiro atoms. The number of amides is 2. The van der Waals surface area contributed by atoms with Crippen LogP contribution in [0.15, 0.2) is 21.9 Å². The summed E-state index contributed by atoms with van der Waals surface area (Å²) in [6.07, 6.45) is 5.36. The van der Waals surface area contributed by atoms with Gasteiger partial charge in [0, 0.05) is 24.9 Å². The minimum atomic E-state index is -3.73. The molecule has 1 aliphatic carbocycles. The highest BCUT2D eigenvalue weighted by molar-refractivity contribution is 8.20. The molecule has 25 heavy (non-hydrogen) atoms. The molecule has 1 saturated heterocycles. The number of carbonyl (C=O) groups is 2. The van der Waals surface area contributed by atoms with Crippen molar-refractivity contribution in [3.05, 3.63) is 21.9 Å². The third kappa shape index (κ3) is 5.32. The molecule has 140 valence electrons. The van der Waals surface area contributed by atoms with Crippen LogP contribution in [-0.2, 0) is 19.6 Å². The van der Waals surface area contributed by atoms with Crippen molar-refractivity contribution < 1.29 is 18.0 Å². The Labute approximate surface area is 153 Å². The van der Waals surface area contributed by atoms with Crippen LogP contribution in [0, 0.1) is 5.41 Å². The van der Waals surface area contributed by atoms with Gasteiger partial charge in [-0.15, -0.1) is 0 Å². The Hall–Kier alpha value is -1.32. The molecule has 7 nitrogen and oxygen atoms in total. The van der Waals surface area contributed by atoms with Crippen LogP contribution < -0.4 is 11.1 Å². The second-order valence-corrected chi connectivity index (χ2v) is 10.00. The lowest BCUT2D eigenvalue weighted by molar-refractivity contribution is -0.124. The number of nitrogens with one attached hydrogen (secondary N) is 1. The van der Waals surface area contributed by atoms with Crippen molar-refractivity contribution in [3.63, 3.8) is 0 Å². The minimum absolute atomic E-state index is 0.0144. The van der Waals surface area contributed by atoms with E-state index >= 15 is 0 Å². The van der Waals surface area contributed by atoms with E-state index in [4.69, 9.17) is 5.73 Å². The predicted octanol–water partition coefficient (Wildman–Crippen LogP) is 1.64. The fourth-order valence-electron chi connectivity index (χ4n) is 2.46. The Balaban J connectivity index is 2.12. The number of sulfonamides is 1. The Morgan fingerprint density at radius 2 is 1.88 bits per heavy atom. The number of primary amides is 1. The maximum atomic E-state index is 12.9. The molecular weight excluding hydrogens is 362 g/mol. The van der Waals surface area contributed by atoms with E-state index in [1.807, 2.05) is 6.92 Å². The quantitative estimate of drug-likeness (QED) is 0.658. The molecule has 0 aromatic heterocycles. The maximum absolute atomic E-state index is 12.9. The van der Waals surface area contributed by atoms with Gasteiger partial charge in [-0.3, -0.25) is 9.59 Å². The Morgan fingerprint density at radius 3 is 2.40 bits per heavy atom. The summed E-state index contributed by atoms with van der Waals surface area (Å²) in [6, 6.07) is 0. The monoisotopic (exact) mass is 387 g/mol. The fraction of sp³-hybridized carbons (Fsp3) is 0.625. The number of piperidine rings is 1. The zero-order valence-corrected chi connectivity index (χ0v) is 16.0. The van der Waals surface area contributed by atoms with Gasteiger partial charge >= 0.3 is 0 Å². The smallest absolute Gasteiger partial charge is 0.249 e. The molecule has 1 heterocycles. The van der Waals surface area contributed by atoms with E-state index in [2.05, 4.69) is 11.9 Å². The summed E-state index contributed by atoms with van der Waals surface area (Å²) in [6.45, 7) is 6.51. The summed E-state index contributed by atoms with van der Waals surface area (Å²) in [5.41, 5.74) is 4.76. The highest BCUT2D eigenvalue weighted by atomic mass is 32.3. The van der Waals surface area contributed by atoms with Crippen molar-refractivity contribution in [2.45, 2.75) is 45.4 Å². The Morgan fingerprint density at radius 1 is 1.28 bits per heavy atom. The lowest BCUT2D eigenvalue weighted by atomic mass is 10.1. The molecule has 1 aliphatic heterocycles. The molecule has 0 unspecified atom stereocenters. The van der Waals surface area contributed by atoms with E-state index in [1.165, 1.54) is 10.4 Å². The van der Waals surface area contributed by atoms with Crippen molar-refractivity contribution >= 4 is 33.6 Å². The standard InChI is InChI=1S/C16H25N3O4S2/c1-12(18-15(21)16(2)8-9-16)24-14(7-6-13(17)20)25(22,23)19-10-4-3-5-11-19/h7H,1,3-6,8-11H2,2H3,(H2,17,20)(H,18,21). The van der Waals surface area contributed by atoms with Gasteiger partial charge in [-0.25, -0.2) is 8.42 Å². The average molecular weight is 388 g/mol. The molecule has 0 aromatic rings. The molecule has 1 saturated carbocycles. The van der Waals surface area contributed by atoms with E-state index in [-0.39, 0.29) is 27.0 Å². The molecule has 2 aliphatic rings. The summed E-state index contributed by atoms with van der Waals surface area (Å²) in [7, 11) is -3.73. The summed E-state index contributed by atoms with van der Waals surface area (Å²) in [5, 5.41) is 2.90. The van der Waals surface area contributed by atoms with Crippen molar-refractivity contribution in [3.8, 4) is 0 Å². The summed E-state index contributed by atoms with van der Waals surface area (Å²) < 4.78 is 27.1. The lowest BCUT2D eigenvalue weighted by Gasteiger charge is -2.27. The van der Waals surface area contributed by atoms with Crippen molar-refractivity contribution in [1.82, 2.24) is 9.62 Å². The third-order valence-corrected chi connectivity index (χ3v) is 7.72. The highest BCUT2D eigenvalue weighted by Gasteiger charge is 2.45. The number of nitrogens with two attached hydrogens (primary N) is 1. The number of carbonyl (C=O) groups excluding carboxylic acids is 2. The van der Waals surface area contributed by atoms with Gasteiger partial charge in [-0.05, 0) is 31.8 Å². The molecule has 0 atom stereocenters. The first kappa shape index (κ1) is 20.0. The van der Waals surface area contributed by atoms with Crippen LogP contribution in [0.3, 0.4) is 0 Å². The topological polar surface area (TPSA) is 110 Å². The van der Waals surface area contributed by atoms with Gasteiger partial charge in [0.2, 0.25) is 21.8 Å². The van der Waals surface area contributed by atoms with E-state index in [0.29, 0.717) is 13.1 Å². The molecule has 2 amide bonds. The predicted molar refractivity (Wildman–Crippen MR) is 98.5 cm³/mol. The third-order valence-electron chi connectivity index (χ3n) is 4.40. The maximum Gasteiger partial charge on any atom is 0.249 e. The number of nitrogens with zero attached hydrogens (tertiary/aromatic N) is 1. The molecule has 0 bridgehead atoms. The number of thioether (sulfide) groups is 1. The molecule has 9 heteroatoms. The van der Waals surface area contributed by atoms with Gasteiger partial charge in [0.05, 0.1) is 5.03 Å². The van der Waals surface area contributed by atoms with Gasteiger partial charge in [0.1, 0.15) is 4.24 Å². The zero-order chi connectivity index (χ0) is 18.7. The normalized spacial score (nSPS) is 20.8. The largest absolute Gasteiger partial charge is 0.369 e. The van der Waals surface area contributed by atoms with Crippen LogP contribution >= 0.6 is 11.8 Å². The van der Waals surface area contributed by atoms with Crippen LogP contribution in [0.5, 0.6) is 0 Å². The Bertz CT molecular complexity index is 690. The first-order chi connectivity index (χ1) is 11.6. The van der Waals surface area contributed by atoms with E-state index < -0.39 is 15.9 Å². The average Bonchev–Trinajstić information content (AvgIpc) is 3.31. The first-order valence-corrected chi connectivity index (χ1v) is 10.6. The number of rotatable bonds is 8. The van der Waals surface area contributed by atoms with Gasteiger partial charge in [0.15, 0.2) is 0 Å². The molecule has 3 N–H and O–H groups in total.